The summed E-state index contributed by atoms with van der Waals surface area (Å²) in [4.78, 5) is 0.486. The average Bonchev–Trinajstić information content (AvgIpc) is 1.83. The highest BCUT2D eigenvalue weighted by molar-refractivity contribution is 9.12. The Morgan fingerprint density at radius 2 is 1.89 bits per heavy atom. The van der Waals surface area contributed by atoms with Crippen LogP contribution in [-0.4, -0.2) is 10.2 Å². The zero-order valence-corrected chi connectivity index (χ0v) is 8.94. The highest BCUT2D eigenvalue weighted by Gasteiger charge is 1.93. The number of allylic oxidation sites excluding steroid dienone is 2. The summed E-state index contributed by atoms with van der Waals surface area (Å²) in [6.07, 6.45) is 4.36. The van der Waals surface area contributed by atoms with Crippen molar-refractivity contribution in [3.05, 3.63) is 12.2 Å². The summed E-state index contributed by atoms with van der Waals surface area (Å²) in [5.74, 6) is 0.657. The summed E-state index contributed by atoms with van der Waals surface area (Å²) in [6.45, 7) is 4.34. The van der Waals surface area contributed by atoms with E-state index in [0.717, 1.165) is 5.33 Å². The van der Waals surface area contributed by atoms with Crippen LogP contribution in [0.3, 0.4) is 0 Å². The number of rotatable bonds is 3. The summed E-state index contributed by atoms with van der Waals surface area (Å²) >= 11 is 6.84. The molecule has 0 bridgehead atoms. The highest BCUT2D eigenvalue weighted by Crippen LogP contribution is 2.06. The largest absolute Gasteiger partial charge is 0.0913 e. The van der Waals surface area contributed by atoms with Gasteiger partial charge in [0, 0.05) is 10.2 Å². The van der Waals surface area contributed by atoms with Crippen LogP contribution in [0.2, 0.25) is 0 Å². The first-order valence-electron chi connectivity index (χ1n) is 3.05. The van der Waals surface area contributed by atoms with Crippen LogP contribution in [0.15, 0.2) is 12.2 Å². The van der Waals surface area contributed by atoms with Crippen LogP contribution < -0.4 is 0 Å². The fourth-order valence-corrected chi connectivity index (χ4v) is 0.786. The Kier molecular flexibility index (Phi) is 5.91. The molecule has 0 radical (unpaired) electrons. The minimum absolute atomic E-state index is 0.486. The molecule has 0 nitrogen and oxygen atoms in total. The average molecular weight is 256 g/mol. The van der Waals surface area contributed by atoms with Gasteiger partial charge in [0.05, 0.1) is 0 Å². The maximum Gasteiger partial charge on any atom is 0.0422 e. The van der Waals surface area contributed by atoms with Crippen LogP contribution >= 0.6 is 31.9 Å². The minimum atomic E-state index is 0.486. The molecule has 9 heavy (non-hydrogen) atoms. The monoisotopic (exact) mass is 254 g/mol. The summed E-state index contributed by atoms with van der Waals surface area (Å²) in [6, 6.07) is 0. The smallest absolute Gasteiger partial charge is 0.0422 e. The van der Waals surface area contributed by atoms with Gasteiger partial charge in [-0.25, -0.2) is 0 Å². The van der Waals surface area contributed by atoms with Crippen LogP contribution in [0.25, 0.3) is 0 Å². The predicted molar refractivity (Wildman–Crippen MR) is 50.5 cm³/mol. The molecule has 0 heterocycles. The van der Waals surface area contributed by atoms with Crippen molar-refractivity contribution in [1.82, 2.24) is 0 Å². The van der Waals surface area contributed by atoms with Crippen molar-refractivity contribution in [2.45, 2.75) is 18.7 Å². The van der Waals surface area contributed by atoms with Crippen molar-refractivity contribution >= 4 is 31.9 Å². The molecule has 0 aromatic carbocycles. The molecule has 2 heteroatoms. The maximum absolute atomic E-state index is 3.47. The lowest BCUT2D eigenvalue weighted by Crippen LogP contribution is -1.92. The molecular formula is C7H12Br2. The number of hydrogen-bond acceptors (Lipinski definition) is 0. The first-order chi connectivity index (χ1) is 4.16. The Morgan fingerprint density at radius 3 is 2.22 bits per heavy atom. The van der Waals surface area contributed by atoms with Crippen molar-refractivity contribution in [3.63, 3.8) is 0 Å². The van der Waals surface area contributed by atoms with Gasteiger partial charge >= 0.3 is 0 Å². The van der Waals surface area contributed by atoms with Crippen molar-refractivity contribution in [2.24, 2.45) is 5.92 Å². The van der Waals surface area contributed by atoms with Gasteiger partial charge in [0.2, 0.25) is 0 Å². The molecule has 0 spiro atoms. The quantitative estimate of drug-likeness (QED) is 0.536. The van der Waals surface area contributed by atoms with E-state index in [1.165, 1.54) is 0 Å². The van der Waals surface area contributed by atoms with Gasteiger partial charge in [0.25, 0.3) is 0 Å². The first-order valence-corrected chi connectivity index (χ1v) is 5.09. The fourth-order valence-electron chi connectivity index (χ4n) is 0.394. The Hall–Kier alpha value is 0.700. The highest BCUT2D eigenvalue weighted by atomic mass is 79.9. The van der Waals surface area contributed by atoms with Crippen molar-refractivity contribution in [2.75, 3.05) is 5.33 Å². The van der Waals surface area contributed by atoms with Gasteiger partial charge in [-0.1, -0.05) is 57.9 Å². The van der Waals surface area contributed by atoms with Crippen LogP contribution in [0.4, 0.5) is 0 Å². The number of hydrogen-bond donors (Lipinski definition) is 0. The third kappa shape index (κ3) is 6.59. The van der Waals surface area contributed by atoms with E-state index in [2.05, 4.69) is 57.9 Å². The molecule has 0 aromatic heterocycles. The number of halogens is 2. The van der Waals surface area contributed by atoms with E-state index in [-0.39, 0.29) is 0 Å². The lowest BCUT2D eigenvalue weighted by Gasteiger charge is -1.97. The van der Waals surface area contributed by atoms with Gasteiger partial charge in [0.1, 0.15) is 0 Å². The van der Waals surface area contributed by atoms with Gasteiger partial charge < -0.3 is 0 Å². The van der Waals surface area contributed by atoms with Gasteiger partial charge in [-0.05, 0) is 5.92 Å². The lowest BCUT2D eigenvalue weighted by atomic mass is 10.2. The summed E-state index contributed by atoms with van der Waals surface area (Å²) < 4.78 is 0. The predicted octanol–water partition coefficient (Wildman–Crippen LogP) is 3.36. The Labute approximate surface area is 74.0 Å². The van der Waals surface area contributed by atoms with Crippen LogP contribution in [-0.2, 0) is 0 Å². The molecule has 0 saturated carbocycles. The van der Waals surface area contributed by atoms with E-state index in [1.807, 2.05) is 0 Å². The normalized spacial score (nSPS) is 15.2. The summed E-state index contributed by atoms with van der Waals surface area (Å²) in [7, 11) is 0. The fraction of sp³-hybridized carbons (Fsp3) is 0.714. The molecule has 0 amide bonds. The van der Waals surface area contributed by atoms with Crippen molar-refractivity contribution in [3.8, 4) is 0 Å². The Morgan fingerprint density at radius 1 is 1.33 bits per heavy atom. The molecule has 1 atom stereocenters. The third-order valence-electron chi connectivity index (χ3n) is 0.852. The molecule has 0 fully saturated rings. The topological polar surface area (TPSA) is 0 Å². The standard InChI is InChI=1S/C7H12Br2/c1-6(2)3-4-7(9)5-8/h3-4,6-7H,5H2,1-2H3. The van der Waals surface area contributed by atoms with E-state index < -0.39 is 0 Å². The molecule has 54 valence electrons. The van der Waals surface area contributed by atoms with Crippen LogP contribution in [0, 0.1) is 5.92 Å². The SMILES string of the molecule is CC(C)C=CC(Br)CBr. The second kappa shape index (κ2) is 5.48. The molecule has 0 aliphatic rings. The zero-order valence-electron chi connectivity index (χ0n) is 5.77. The molecule has 1 unspecified atom stereocenters. The van der Waals surface area contributed by atoms with E-state index in [9.17, 15) is 0 Å². The molecule has 0 aromatic rings. The van der Waals surface area contributed by atoms with Crippen molar-refractivity contribution < 1.29 is 0 Å². The Balaban J connectivity index is 3.43. The van der Waals surface area contributed by atoms with Gasteiger partial charge in [-0.2, -0.15) is 0 Å². The molecular weight excluding hydrogens is 244 g/mol. The second-order valence-electron chi connectivity index (χ2n) is 2.30. The lowest BCUT2D eigenvalue weighted by molar-refractivity contribution is 0.827. The van der Waals surface area contributed by atoms with Crippen LogP contribution in [0.1, 0.15) is 13.8 Å². The number of alkyl halides is 2. The molecule has 0 saturated heterocycles. The van der Waals surface area contributed by atoms with Gasteiger partial charge in [-0.3, -0.25) is 0 Å². The van der Waals surface area contributed by atoms with E-state index >= 15 is 0 Å². The van der Waals surface area contributed by atoms with E-state index in [1.54, 1.807) is 0 Å². The van der Waals surface area contributed by atoms with E-state index in [4.69, 9.17) is 0 Å². The minimum Gasteiger partial charge on any atom is -0.0913 e. The van der Waals surface area contributed by atoms with Crippen LogP contribution in [0.5, 0.6) is 0 Å². The van der Waals surface area contributed by atoms with E-state index in [0.29, 0.717) is 10.7 Å². The zero-order chi connectivity index (χ0) is 7.28. The summed E-state index contributed by atoms with van der Waals surface area (Å²) in [5.41, 5.74) is 0. The first kappa shape index (κ1) is 9.70. The molecule has 0 rings (SSSR count). The summed E-state index contributed by atoms with van der Waals surface area (Å²) in [5, 5.41) is 0.982. The third-order valence-corrected chi connectivity index (χ3v) is 3.05. The van der Waals surface area contributed by atoms with Gasteiger partial charge in [-0.15, -0.1) is 0 Å². The van der Waals surface area contributed by atoms with Crippen molar-refractivity contribution in [1.29, 1.82) is 0 Å². The maximum atomic E-state index is 3.47. The molecule has 0 aliphatic carbocycles. The molecule has 0 aliphatic heterocycles. The Bertz CT molecular complexity index is 86.9. The van der Waals surface area contributed by atoms with Gasteiger partial charge in [0.15, 0.2) is 0 Å². The molecule has 0 N–H and O–H groups in total. The second-order valence-corrected chi connectivity index (χ2v) is 4.12.